The number of thiophene rings is 1. The Hall–Kier alpha value is -1.13. The molecule has 19 heavy (non-hydrogen) atoms. The van der Waals surface area contributed by atoms with Crippen LogP contribution in [0.2, 0.25) is 0 Å². The van der Waals surface area contributed by atoms with Crippen LogP contribution >= 0.6 is 27.3 Å². The molecular formula is C15H16BrNOS. The van der Waals surface area contributed by atoms with Crippen LogP contribution in [0.4, 0.5) is 0 Å². The van der Waals surface area contributed by atoms with E-state index in [2.05, 4.69) is 22.0 Å². The summed E-state index contributed by atoms with van der Waals surface area (Å²) in [4.78, 5) is 15.7. The van der Waals surface area contributed by atoms with E-state index >= 15 is 0 Å². The van der Waals surface area contributed by atoms with Gasteiger partial charge in [0.25, 0.3) is 5.91 Å². The Bertz CT molecular complexity index is 566. The molecule has 1 aromatic carbocycles. The molecule has 0 saturated carbocycles. The molecule has 0 atom stereocenters. The molecule has 4 heteroatoms. The van der Waals surface area contributed by atoms with Gasteiger partial charge < -0.3 is 4.90 Å². The van der Waals surface area contributed by atoms with E-state index in [1.165, 1.54) is 4.88 Å². The summed E-state index contributed by atoms with van der Waals surface area (Å²) >= 11 is 5.16. The number of hydrogen-bond donors (Lipinski definition) is 0. The number of benzene rings is 1. The lowest BCUT2D eigenvalue weighted by molar-refractivity contribution is 0.0753. The number of amides is 1. The summed E-state index contributed by atoms with van der Waals surface area (Å²) < 4.78 is 0.977. The maximum absolute atomic E-state index is 12.6. The van der Waals surface area contributed by atoms with Gasteiger partial charge in [0.1, 0.15) is 0 Å². The number of nitrogens with zero attached hydrogens (tertiary/aromatic N) is 1. The smallest absolute Gasteiger partial charge is 0.254 e. The molecule has 1 amide bonds. The van der Waals surface area contributed by atoms with Gasteiger partial charge >= 0.3 is 0 Å². The maximum atomic E-state index is 12.6. The Morgan fingerprint density at radius 2 is 2.11 bits per heavy atom. The number of hydrogen-bond acceptors (Lipinski definition) is 2. The second-order valence-corrected chi connectivity index (χ2v) is 6.20. The van der Waals surface area contributed by atoms with E-state index in [0.29, 0.717) is 13.1 Å². The molecule has 0 spiro atoms. The highest BCUT2D eigenvalue weighted by atomic mass is 79.9. The summed E-state index contributed by atoms with van der Waals surface area (Å²) in [6.45, 7) is 5.37. The highest BCUT2D eigenvalue weighted by Crippen LogP contribution is 2.22. The fourth-order valence-electron chi connectivity index (χ4n) is 1.93. The molecule has 0 aliphatic carbocycles. The first-order chi connectivity index (χ1) is 9.13. The zero-order valence-electron chi connectivity index (χ0n) is 11.0. The van der Waals surface area contributed by atoms with Gasteiger partial charge in [0, 0.05) is 21.5 Å². The molecule has 0 fully saturated rings. The monoisotopic (exact) mass is 337 g/mol. The van der Waals surface area contributed by atoms with Crippen LogP contribution in [0.15, 0.2) is 40.2 Å². The standard InChI is InChI=1S/C15H16BrNOS/c1-3-17(10-12-6-5-9-19-12)15(18)13-7-4-8-14(16)11(13)2/h4-9H,3,10H2,1-2H3. The average Bonchev–Trinajstić information content (AvgIpc) is 2.91. The molecule has 0 saturated heterocycles. The third kappa shape index (κ3) is 3.25. The molecule has 1 aromatic heterocycles. The van der Waals surface area contributed by atoms with E-state index in [9.17, 15) is 4.79 Å². The van der Waals surface area contributed by atoms with Crippen LogP contribution in [-0.4, -0.2) is 17.4 Å². The van der Waals surface area contributed by atoms with Crippen LogP contribution in [0.3, 0.4) is 0 Å². The molecule has 0 radical (unpaired) electrons. The Labute approximate surface area is 126 Å². The highest BCUT2D eigenvalue weighted by Gasteiger charge is 2.17. The fourth-order valence-corrected chi connectivity index (χ4v) is 3.01. The van der Waals surface area contributed by atoms with Crippen molar-refractivity contribution in [1.82, 2.24) is 4.90 Å². The van der Waals surface area contributed by atoms with Crippen LogP contribution in [0.25, 0.3) is 0 Å². The van der Waals surface area contributed by atoms with Crippen molar-refractivity contribution in [2.75, 3.05) is 6.54 Å². The van der Waals surface area contributed by atoms with Crippen LogP contribution in [0.1, 0.15) is 27.7 Å². The van der Waals surface area contributed by atoms with Crippen LogP contribution < -0.4 is 0 Å². The number of rotatable bonds is 4. The van der Waals surface area contributed by atoms with E-state index in [1.54, 1.807) is 11.3 Å². The van der Waals surface area contributed by atoms with Crippen molar-refractivity contribution in [2.24, 2.45) is 0 Å². The van der Waals surface area contributed by atoms with Gasteiger partial charge in [-0.2, -0.15) is 0 Å². The summed E-state index contributed by atoms with van der Waals surface area (Å²) in [7, 11) is 0. The average molecular weight is 338 g/mol. The molecule has 0 bridgehead atoms. The van der Waals surface area contributed by atoms with Crippen LogP contribution in [0, 0.1) is 6.92 Å². The van der Waals surface area contributed by atoms with Gasteiger partial charge in [-0.15, -0.1) is 11.3 Å². The Morgan fingerprint density at radius 1 is 1.32 bits per heavy atom. The SMILES string of the molecule is CCN(Cc1cccs1)C(=O)c1cccc(Br)c1C. The topological polar surface area (TPSA) is 20.3 Å². The lowest BCUT2D eigenvalue weighted by Crippen LogP contribution is -2.30. The number of carbonyl (C=O) groups is 1. The zero-order valence-corrected chi connectivity index (χ0v) is 13.4. The predicted octanol–water partition coefficient (Wildman–Crippen LogP) is 4.48. The van der Waals surface area contributed by atoms with E-state index in [0.717, 1.165) is 15.6 Å². The Kier molecular flexibility index (Phi) is 4.77. The van der Waals surface area contributed by atoms with Gasteiger partial charge in [0.05, 0.1) is 6.54 Å². The van der Waals surface area contributed by atoms with Crippen molar-refractivity contribution in [2.45, 2.75) is 20.4 Å². The first-order valence-electron chi connectivity index (χ1n) is 6.20. The van der Waals surface area contributed by atoms with Crippen molar-refractivity contribution in [3.8, 4) is 0 Å². The van der Waals surface area contributed by atoms with Crippen molar-refractivity contribution in [3.63, 3.8) is 0 Å². The molecule has 100 valence electrons. The summed E-state index contributed by atoms with van der Waals surface area (Å²) in [6, 6.07) is 9.83. The summed E-state index contributed by atoms with van der Waals surface area (Å²) in [5.74, 6) is 0.0923. The van der Waals surface area contributed by atoms with Crippen molar-refractivity contribution in [1.29, 1.82) is 0 Å². The lowest BCUT2D eigenvalue weighted by Gasteiger charge is -2.21. The molecule has 0 N–H and O–H groups in total. The van der Waals surface area contributed by atoms with E-state index < -0.39 is 0 Å². The lowest BCUT2D eigenvalue weighted by atomic mass is 10.1. The first kappa shape index (κ1) is 14.3. The number of carbonyl (C=O) groups excluding carboxylic acids is 1. The van der Waals surface area contributed by atoms with Gasteiger partial charge in [0.2, 0.25) is 0 Å². The van der Waals surface area contributed by atoms with Gasteiger partial charge in [-0.3, -0.25) is 4.79 Å². The second-order valence-electron chi connectivity index (χ2n) is 4.31. The third-order valence-electron chi connectivity index (χ3n) is 3.09. The third-order valence-corrected chi connectivity index (χ3v) is 4.81. The molecule has 2 rings (SSSR count). The molecule has 1 heterocycles. The largest absolute Gasteiger partial charge is 0.334 e. The molecular weight excluding hydrogens is 322 g/mol. The summed E-state index contributed by atoms with van der Waals surface area (Å²) in [5.41, 5.74) is 1.77. The summed E-state index contributed by atoms with van der Waals surface area (Å²) in [5, 5.41) is 2.04. The minimum Gasteiger partial charge on any atom is -0.334 e. The van der Waals surface area contributed by atoms with Gasteiger partial charge in [0.15, 0.2) is 0 Å². The Morgan fingerprint density at radius 3 is 2.74 bits per heavy atom. The van der Waals surface area contributed by atoms with Gasteiger partial charge in [-0.25, -0.2) is 0 Å². The maximum Gasteiger partial charge on any atom is 0.254 e. The summed E-state index contributed by atoms with van der Waals surface area (Å²) in [6.07, 6.45) is 0. The normalized spacial score (nSPS) is 10.5. The Balaban J connectivity index is 2.23. The minimum absolute atomic E-state index is 0.0923. The quantitative estimate of drug-likeness (QED) is 0.805. The fraction of sp³-hybridized carbons (Fsp3) is 0.267. The van der Waals surface area contributed by atoms with E-state index in [4.69, 9.17) is 0 Å². The first-order valence-corrected chi connectivity index (χ1v) is 7.87. The molecule has 0 unspecified atom stereocenters. The molecule has 2 nitrogen and oxygen atoms in total. The minimum atomic E-state index is 0.0923. The van der Waals surface area contributed by atoms with Crippen molar-refractivity contribution >= 4 is 33.2 Å². The van der Waals surface area contributed by atoms with Crippen LogP contribution in [0.5, 0.6) is 0 Å². The molecule has 0 aliphatic rings. The van der Waals surface area contributed by atoms with Crippen LogP contribution in [-0.2, 0) is 6.54 Å². The van der Waals surface area contributed by atoms with Gasteiger partial charge in [-0.1, -0.05) is 28.1 Å². The number of halogens is 1. The van der Waals surface area contributed by atoms with E-state index in [-0.39, 0.29) is 5.91 Å². The van der Waals surface area contributed by atoms with Gasteiger partial charge in [-0.05, 0) is 43.0 Å². The molecule has 0 aliphatic heterocycles. The highest BCUT2D eigenvalue weighted by molar-refractivity contribution is 9.10. The predicted molar refractivity (Wildman–Crippen MR) is 83.6 cm³/mol. The van der Waals surface area contributed by atoms with E-state index in [1.807, 2.05) is 48.4 Å². The second kappa shape index (κ2) is 6.35. The zero-order chi connectivity index (χ0) is 13.8. The van der Waals surface area contributed by atoms with Crippen molar-refractivity contribution in [3.05, 3.63) is 56.2 Å². The molecule has 2 aromatic rings. The van der Waals surface area contributed by atoms with Crippen molar-refractivity contribution < 1.29 is 4.79 Å².